The molecule has 0 rings (SSSR count). The molecule has 9 heteroatoms. The van der Waals surface area contributed by atoms with Gasteiger partial charge in [0.05, 0.1) is 13.2 Å². The molecule has 28 heavy (non-hydrogen) atoms. The van der Waals surface area contributed by atoms with E-state index in [1.165, 1.54) is 0 Å². The molecule has 9 nitrogen and oxygen atoms in total. The van der Waals surface area contributed by atoms with Crippen LogP contribution in [0.4, 0.5) is 14.4 Å². The van der Waals surface area contributed by atoms with Crippen molar-refractivity contribution >= 4 is 18.3 Å². The van der Waals surface area contributed by atoms with Crippen LogP contribution >= 0.6 is 0 Å². The van der Waals surface area contributed by atoms with E-state index in [0.29, 0.717) is 12.8 Å². The van der Waals surface area contributed by atoms with Gasteiger partial charge in [-0.3, -0.25) is 4.84 Å². The zero-order valence-electron chi connectivity index (χ0n) is 17.7. The average molecular weight is 405 g/mol. The summed E-state index contributed by atoms with van der Waals surface area (Å²) in [5.41, 5.74) is 1.82. The fourth-order valence-corrected chi connectivity index (χ4v) is 2.22. The Morgan fingerprint density at radius 2 is 1.57 bits per heavy atom. The summed E-state index contributed by atoms with van der Waals surface area (Å²) in [6.45, 7) is 8.35. The lowest BCUT2D eigenvalue weighted by atomic mass is 10.1. The molecule has 0 aromatic carbocycles. The van der Waals surface area contributed by atoms with Crippen LogP contribution in [-0.2, 0) is 19.1 Å². The third-order valence-corrected chi connectivity index (χ3v) is 3.81. The lowest BCUT2D eigenvalue weighted by Gasteiger charge is -2.23. The number of unbranched alkanes of at least 4 members (excludes halogenated alkanes) is 3. The van der Waals surface area contributed by atoms with Gasteiger partial charge < -0.3 is 14.3 Å². The highest BCUT2D eigenvalue weighted by atomic mass is 16.9. The molecule has 164 valence electrons. The summed E-state index contributed by atoms with van der Waals surface area (Å²) in [5.74, 6) is 0. The first-order valence-corrected chi connectivity index (χ1v) is 10.3. The molecule has 1 unspecified atom stereocenters. The molecule has 2 amide bonds. The molecule has 0 aliphatic carbocycles. The summed E-state index contributed by atoms with van der Waals surface area (Å²) in [5, 5.41) is 0.824. The van der Waals surface area contributed by atoms with Crippen LogP contribution in [0, 0.1) is 0 Å². The van der Waals surface area contributed by atoms with Crippen molar-refractivity contribution < 1.29 is 33.5 Å². The zero-order chi connectivity index (χ0) is 21.2. The Hall–Kier alpha value is -2.19. The van der Waals surface area contributed by atoms with E-state index in [-0.39, 0.29) is 19.3 Å². The van der Waals surface area contributed by atoms with E-state index < -0.39 is 18.3 Å². The first-order valence-electron chi connectivity index (χ1n) is 10.3. The molecule has 0 saturated heterocycles. The van der Waals surface area contributed by atoms with Crippen molar-refractivity contribution in [2.75, 3.05) is 13.2 Å². The average Bonchev–Trinajstić information content (AvgIpc) is 2.67. The molecule has 0 heterocycles. The van der Waals surface area contributed by atoms with Crippen molar-refractivity contribution in [2.45, 2.75) is 91.6 Å². The van der Waals surface area contributed by atoms with Crippen molar-refractivity contribution in [3.05, 3.63) is 0 Å². The van der Waals surface area contributed by atoms with E-state index in [1.807, 2.05) is 26.3 Å². The Kier molecular flexibility index (Phi) is 15.6. The maximum atomic E-state index is 12.4. The van der Waals surface area contributed by atoms with Gasteiger partial charge in [0.2, 0.25) is 0 Å². The van der Waals surface area contributed by atoms with Gasteiger partial charge in [0, 0.05) is 0 Å². The molecular weight excluding hydrogens is 368 g/mol. The fraction of sp³-hybridized carbons (Fsp3) is 0.842. The van der Waals surface area contributed by atoms with Crippen LogP contribution in [0.15, 0.2) is 0 Å². The van der Waals surface area contributed by atoms with Crippen LogP contribution in [0.25, 0.3) is 0 Å². The van der Waals surface area contributed by atoms with Gasteiger partial charge in [-0.1, -0.05) is 59.8 Å². The zero-order valence-corrected chi connectivity index (χ0v) is 17.7. The van der Waals surface area contributed by atoms with Crippen LogP contribution in [-0.4, -0.2) is 42.7 Å². The van der Waals surface area contributed by atoms with E-state index >= 15 is 0 Å². The lowest BCUT2D eigenvalue weighted by Crippen LogP contribution is -2.39. The van der Waals surface area contributed by atoms with Gasteiger partial charge in [-0.15, -0.1) is 10.5 Å². The minimum absolute atomic E-state index is 0.165. The van der Waals surface area contributed by atoms with Crippen LogP contribution in [0.3, 0.4) is 0 Å². The van der Waals surface area contributed by atoms with Crippen LogP contribution in [0.2, 0.25) is 0 Å². The Balaban J connectivity index is 4.58. The van der Waals surface area contributed by atoms with Crippen molar-refractivity contribution in [1.29, 1.82) is 0 Å². The van der Waals surface area contributed by atoms with Crippen molar-refractivity contribution in [1.82, 2.24) is 10.5 Å². The molecule has 0 spiro atoms. The Morgan fingerprint density at radius 1 is 0.893 bits per heavy atom. The molecule has 0 fully saturated rings. The standard InChI is InChI=1S/C19H36N2O7/c1-5-9-13-16(12-8-4)26-18(23)21(14-10-6-2)28-19(24)27-20-17(22)25-15-11-7-3/h16H,5-15H2,1-4H3,(H,20,22). The summed E-state index contributed by atoms with van der Waals surface area (Å²) in [7, 11) is 0. The van der Waals surface area contributed by atoms with Crippen LogP contribution in [0.1, 0.15) is 85.5 Å². The largest absolute Gasteiger partial charge is 0.559 e. The van der Waals surface area contributed by atoms with Gasteiger partial charge in [0.25, 0.3) is 0 Å². The number of carbonyl (C=O) groups excluding carboxylic acids is 3. The molecule has 1 atom stereocenters. The molecule has 0 radical (unpaired) electrons. The first-order chi connectivity index (χ1) is 13.5. The monoisotopic (exact) mass is 404 g/mol. The van der Waals surface area contributed by atoms with Gasteiger partial charge >= 0.3 is 18.3 Å². The summed E-state index contributed by atoms with van der Waals surface area (Å²) >= 11 is 0. The minimum Gasteiger partial charge on any atom is -0.447 e. The van der Waals surface area contributed by atoms with E-state index in [1.54, 1.807) is 0 Å². The SMILES string of the molecule is CCCCOC(=O)NOC(=O)ON(CCCC)C(=O)OC(CCC)CCCC. The Bertz CT molecular complexity index is 446. The smallest absolute Gasteiger partial charge is 0.447 e. The van der Waals surface area contributed by atoms with E-state index in [0.717, 1.165) is 50.0 Å². The van der Waals surface area contributed by atoms with Gasteiger partial charge in [0.15, 0.2) is 0 Å². The lowest BCUT2D eigenvalue weighted by molar-refractivity contribution is -0.125. The van der Waals surface area contributed by atoms with Crippen molar-refractivity contribution in [3.63, 3.8) is 0 Å². The number of nitrogens with one attached hydrogen (secondary N) is 1. The van der Waals surface area contributed by atoms with E-state index in [4.69, 9.17) is 14.3 Å². The normalized spacial score (nSPS) is 11.3. The second-order valence-electron chi connectivity index (χ2n) is 6.43. The van der Waals surface area contributed by atoms with Crippen molar-refractivity contribution in [2.24, 2.45) is 0 Å². The molecule has 0 aromatic rings. The number of carbonyl (C=O) groups is 3. The molecule has 0 aliphatic heterocycles. The first kappa shape index (κ1) is 25.8. The molecule has 0 aliphatic rings. The van der Waals surface area contributed by atoms with E-state index in [9.17, 15) is 14.4 Å². The highest BCUT2D eigenvalue weighted by Crippen LogP contribution is 2.13. The summed E-state index contributed by atoms with van der Waals surface area (Å²) < 4.78 is 10.3. The predicted molar refractivity (Wildman–Crippen MR) is 103 cm³/mol. The van der Waals surface area contributed by atoms with E-state index in [2.05, 4.69) is 11.8 Å². The molecule has 0 aromatic heterocycles. The second-order valence-corrected chi connectivity index (χ2v) is 6.43. The number of amides is 2. The quantitative estimate of drug-likeness (QED) is 0.274. The van der Waals surface area contributed by atoms with Gasteiger partial charge in [-0.2, -0.15) is 4.79 Å². The topological polar surface area (TPSA) is 103 Å². The van der Waals surface area contributed by atoms with Gasteiger partial charge in [-0.05, 0) is 25.7 Å². The number of ether oxygens (including phenoxy) is 2. The second kappa shape index (κ2) is 16.9. The third-order valence-electron chi connectivity index (χ3n) is 3.81. The highest BCUT2D eigenvalue weighted by molar-refractivity contribution is 5.71. The predicted octanol–water partition coefficient (Wildman–Crippen LogP) is 5.09. The molecular formula is C19H36N2O7. The van der Waals surface area contributed by atoms with Gasteiger partial charge in [-0.25, -0.2) is 9.59 Å². The Labute approximate surface area is 167 Å². The van der Waals surface area contributed by atoms with Gasteiger partial charge in [0.1, 0.15) is 6.10 Å². The highest BCUT2D eigenvalue weighted by Gasteiger charge is 2.24. The van der Waals surface area contributed by atoms with Crippen LogP contribution in [0.5, 0.6) is 0 Å². The number of hydroxylamine groups is 3. The number of hydrogen-bond acceptors (Lipinski definition) is 7. The molecule has 0 saturated carbocycles. The number of hydrogen-bond donors (Lipinski definition) is 1. The molecule has 0 bridgehead atoms. The number of rotatable bonds is 12. The Morgan fingerprint density at radius 3 is 2.18 bits per heavy atom. The van der Waals surface area contributed by atoms with Crippen molar-refractivity contribution in [3.8, 4) is 0 Å². The maximum Gasteiger partial charge on any atom is 0.559 e. The molecule has 1 N–H and O–H groups in total. The third kappa shape index (κ3) is 13.1. The summed E-state index contributed by atoms with van der Waals surface area (Å²) in [6, 6.07) is 0. The summed E-state index contributed by atoms with van der Waals surface area (Å²) in [4.78, 5) is 44.9. The number of nitrogens with zero attached hydrogens (tertiary/aromatic N) is 1. The van der Waals surface area contributed by atoms with Crippen LogP contribution < -0.4 is 5.48 Å². The minimum atomic E-state index is -1.25. The fourth-order valence-electron chi connectivity index (χ4n) is 2.22. The summed E-state index contributed by atoms with van der Waals surface area (Å²) in [6.07, 6.45) is 4.16. The maximum absolute atomic E-state index is 12.4.